The summed E-state index contributed by atoms with van der Waals surface area (Å²) in [6, 6.07) is 1.46. The van der Waals surface area contributed by atoms with Gasteiger partial charge in [0, 0.05) is 32.1 Å². The van der Waals surface area contributed by atoms with E-state index in [0.29, 0.717) is 19.3 Å². The van der Waals surface area contributed by atoms with Gasteiger partial charge in [0.05, 0.1) is 19.3 Å². The van der Waals surface area contributed by atoms with E-state index in [2.05, 4.69) is 15.7 Å². The van der Waals surface area contributed by atoms with Crippen LogP contribution in [0.2, 0.25) is 0 Å². The molecule has 1 saturated heterocycles. The Labute approximate surface area is 182 Å². The summed E-state index contributed by atoms with van der Waals surface area (Å²) in [6.07, 6.45) is -2.97. The number of anilines is 1. The molecular weight excluding hydrogens is 437 g/mol. The van der Waals surface area contributed by atoms with Gasteiger partial charge in [-0.1, -0.05) is 6.42 Å². The number of hydrogen-bond donors (Lipinski definition) is 5. The van der Waals surface area contributed by atoms with Crippen molar-refractivity contribution in [2.75, 3.05) is 32.0 Å². The van der Waals surface area contributed by atoms with Gasteiger partial charge in [-0.25, -0.2) is 4.79 Å². The Hall–Kier alpha value is -2.26. The van der Waals surface area contributed by atoms with Gasteiger partial charge in [0.15, 0.2) is 0 Å². The van der Waals surface area contributed by atoms with E-state index in [1.807, 2.05) is 0 Å². The highest BCUT2D eigenvalue weighted by Crippen LogP contribution is 2.27. The highest BCUT2D eigenvalue weighted by atomic mass is 19.4. The molecule has 1 aromatic heterocycles. The van der Waals surface area contributed by atoms with Crippen molar-refractivity contribution in [2.24, 2.45) is 0 Å². The molecule has 3 atom stereocenters. The maximum Gasteiger partial charge on any atom is 0.470 e. The third-order valence-corrected chi connectivity index (χ3v) is 4.65. The molecule has 14 heteroatoms. The zero-order valence-electron chi connectivity index (χ0n) is 17.4. The molecule has 0 saturated carbocycles. The zero-order valence-corrected chi connectivity index (χ0v) is 17.4. The summed E-state index contributed by atoms with van der Waals surface area (Å²) in [5.41, 5.74) is 8.16. The lowest BCUT2D eigenvalue weighted by Crippen LogP contribution is -2.43. The van der Waals surface area contributed by atoms with Crippen molar-refractivity contribution >= 4 is 11.7 Å². The van der Waals surface area contributed by atoms with E-state index in [0.717, 1.165) is 0 Å². The zero-order chi connectivity index (χ0) is 23.6. The van der Waals surface area contributed by atoms with E-state index in [-0.39, 0.29) is 50.9 Å². The summed E-state index contributed by atoms with van der Waals surface area (Å²) in [5, 5.41) is 12.8. The number of hydrazine groups is 1. The Bertz CT molecular complexity index is 778. The highest BCUT2D eigenvalue weighted by Gasteiger charge is 2.35. The maximum atomic E-state index is 11.9. The van der Waals surface area contributed by atoms with Gasteiger partial charge in [0.2, 0.25) is 5.91 Å². The third kappa shape index (κ3) is 9.48. The topological polar surface area (TPSA) is 153 Å². The normalized spacial score (nSPS) is 21.1. The molecule has 1 aliphatic rings. The lowest BCUT2D eigenvalue weighted by molar-refractivity contribution is -0.166. The molecule has 2 heterocycles. The van der Waals surface area contributed by atoms with Gasteiger partial charge >= 0.3 is 12.0 Å². The lowest BCUT2D eigenvalue weighted by atomic mass is 10.2. The van der Waals surface area contributed by atoms with Crippen molar-refractivity contribution in [3.63, 3.8) is 0 Å². The molecule has 182 valence electrons. The van der Waals surface area contributed by atoms with E-state index in [1.165, 1.54) is 22.3 Å². The smallest absolute Gasteiger partial charge is 0.390 e. The molecule has 1 amide bonds. The van der Waals surface area contributed by atoms with Crippen LogP contribution in [0.25, 0.3) is 0 Å². The number of rotatable bonds is 13. The number of aromatic nitrogens is 2. The minimum Gasteiger partial charge on any atom is -0.390 e. The monoisotopic (exact) mass is 466 g/mol. The van der Waals surface area contributed by atoms with E-state index < -0.39 is 30.4 Å². The van der Waals surface area contributed by atoms with Crippen molar-refractivity contribution in [2.45, 2.75) is 56.8 Å². The van der Waals surface area contributed by atoms with Gasteiger partial charge in [0.25, 0.3) is 0 Å². The lowest BCUT2D eigenvalue weighted by Gasteiger charge is -2.16. The summed E-state index contributed by atoms with van der Waals surface area (Å²) in [5.74, 6) is -0.0793. The van der Waals surface area contributed by atoms with Gasteiger partial charge in [-0.2, -0.15) is 23.6 Å². The molecule has 0 spiro atoms. The number of unbranched alkanes of at least 4 members (excludes halogenated alkanes) is 2. The fourth-order valence-electron chi connectivity index (χ4n) is 3.07. The summed E-state index contributed by atoms with van der Waals surface area (Å²) in [6.45, 7) is 0.709. The molecule has 6 N–H and O–H groups in total. The molecule has 1 aromatic rings. The largest absolute Gasteiger partial charge is 0.470 e. The fourth-order valence-corrected chi connectivity index (χ4v) is 3.07. The van der Waals surface area contributed by atoms with Crippen molar-refractivity contribution in [1.29, 1.82) is 0 Å². The molecule has 0 radical (unpaired) electrons. The van der Waals surface area contributed by atoms with Crippen molar-refractivity contribution < 1.29 is 32.5 Å². The number of carbonyl (C=O) groups excluding carboxylic acids is 1. The summed E-state index contributed by atoms with van der Waals surface area (Å²) in [4.78, 5) is 27.2. The van der Waals surface area contributed by atoms with Gasteiger partial charge in [-0.3, -0.25) is 14.8 Å². The minimum atomic E-state index is -4.46. The Balaban J connectivity index is 1.51. The molecule has 1 aliphatic heterocycles. The Morgan fingerprint density at radius 2 is 2.12 bits per heavy atom. The fraction of sp³-hybridized carbons (Fsp3) is 0.722. The number of carbonyl (C=O) groups is 1. The molecule has 0 bridgehead atoms. The Morgan fingerprint density at radius 3 is 2.84 bits per heavy atom. The van der Waals surface area contributed by atoms with Gasteiger partial charge in [-0.05, 0) is 18.9 Å². The molecule has 0 aromatic carbocycles. The molecule has 2 rings (SSSR count). The Morgan fingerprint density at radius 1 is 1.34 bits per heavy atom. The third-order valence-electron chi connectivity index (χ3n) is 4.65. The Kier molecular flexibility index (Phi) is 10.3. The second kappa shape index (κ2) is 12.7. The number of hydrogen-bond acceptors (Lipinski definition) is 9. The number of nitrogen functional groups attached to an aromatic ring is 1. The standard InChI is InChI=1S/C18H29F3N6O5/c19-18(20,21)26-24-6-3-1-2-4-15(29)23-7-9-31-11-13-12(28)10-16(32-13)27-8-5-14(22)25-17(27)30/h5,8,12-13,16,24,26,28H,1-4,6-7,9-11H2,(H,23,29)(H2,22,25,30)/t12-,13+,16+/m0/s1. The number of nitrogens with one attached hydrogen (secondary N) is 3. The predicted octanol–water partition coefficient (Wildman–Crippen LogP) is -0.219. The molecule has 32 heavy (non-hydrogen) atoms. The first-order valence-electron chi connectivity index (χ1n) is 10.2. The van der Waals surface area contributed by atoms with E-state index in [9.17, 15) is 27.9 Å². The van der Waals surface area contributed by atoms with E-state index in [4.69, 9.17) is 15.2 Å². The number of aliphatic hydroxyl groups is 1. The second-order valence-corrected chi connectivity index (χ2v) is 7.26. The van der Waals surface area contributed by atoms with E-state index >= 15 is 0 Å². The molecule has 0 unspecified atom stereocenters. The number of aliphatic hydroxyl groups excluding tert-OH is 1. The van der Waals surface area contributed by atoms with Gasteiger partial charge in [0.1, 0.15) is 18.1 Å². The first-order valence-corrected chi connectivity index (χ1v) is 10.2. The van der Waals surface area contributed by atoms with Crippen molar-refractivity contribution in [1.82, 2.24) is 25.7 Å². The molecule has 11 nitrogen and oxygen atoms in total. The number of amides is 1. The van der Waals surface area contributed by atoms with Crippen LogP contribution in [0, 0.1) is 0 Å². The van der Waals surface area contributed by atoms with Crippen molar-refractivity contribution in [3.05, 3.63) is 22.7 Å². The van der Waals surface area contributed by atoms with Crippen LogP contribution in [0.1, 0.15) is 38.3 Å². The summed E-state index contributed by atoms with van der Waals surface area (Å²) >= 11 is 0. The minimum absolute atomic E-state index is 0.0870. The van der Waals surface area contributed by atoms with E-state index in [1.54, 1.807) is 0 Å². The highest BCUT2D eigenvalue weighted by molar-refractivity contribution is 5.75. The van der Waals surface area contributed by atoms with Gasteiger partial charge < -0.3 is 25.6 Å². The number of ether oxygens (including phenoxy) is 2. The second-order valence-electron chi connectivity index (χ2n) is 7.26. The van der Waals surface area contributed by atoms with Crippen LogP contribution >= 0.6 is 0 Å². The van der Waals surface area contributed by atoms with Crippen molar-refractivity contribution in [3.8, 4) is 0 Å². The summed E-state index contributed by atoms with van der Waals surface area (Å²) in [7, 11) is 0. The number of nitrogens with zero attached hydrogens (tertiary/aromatic N) is 2. The average Bonchev–Trinajstić information content (AvgIpc) is 3.06. The van der Waals surface area contributed by atoms with Gasteiger partial charge in [-0.15, -0.1) is 0 Å². The molecular formula is C18H29F3N6O5. The van der Waals surface area contributed by atoms with Crippen LogP contribution in [-0.2, 0) is 14.3 Å². The SMILES string of the molecule is Nc1ccn([C@H]2C[C@H](O)[C@@H](COCCNC(=O)CCCCCNNC(F)(F)F)O2)c(=O)n1. The molecule has 0 aliphatic carbocycles. The maximum absolute atomic E-state index is 11.9. The molecule has 1 fully saturated rings. The predicted molar refractivity (Wildman–Crippen MR) is 107 cm³/mol. The number of halogens is 3. The first kappa shape index (κ1) is 26.0. The van der Waals surface area contributed by atoms with Crippen LogP contribution in [0.4, 0.5) is 19.0 Å². The van der Waals surface area contributed by atoms with Crippen LogP contribution in [0.15, 0.2) is 17.1 Å². The first-order chi connectivity index (χ1) is 15.2. The van der Waals surface area contributed by atoms with Crippen LogP contribution in [-0.4, -0.2) is 65.4 Å². The number of nitrogens with two attached hydrogens (primary N) is 1. The average molecular weight is 466 g/mol. The quantitative estimate of drug-likeness (QED) is 0.151. The van der Waals surface area contributed by atoms with Crippen LogP contribution < -0.4 is 27.6 Å². The summed E-state index contributed by atoms with van der Waals surface area (Å²) < 4.78 is 47.9. The van der Waals surface area contributed by atoms with Crippen LogP contribution in [0.3, 0.4) is 0 Å². The number of alkyl halides is 3. The van der Waals surface area contributed by atoms with Crippen LogP contribution in [0.5, 0.6) is 0 Å².